The van der Waals surface area contributed by atoms with Crippen molar-refractivity contribution in [1.82, 2.24) is 10.2 Å². The van der Waals surface area contributed by atoms with Crippen LogP contribution in [0, 0.1) is 6.92 Å². The van der Waals surface area contributed by atoms with Crippen molar-refractivity contribution in [2.45, 2.75) is 17.9 Å². The second-order valence-electron chi connectivity index (χ2n) is 6.03. The van der Waals surface area contributed by atoms with Gasteiger partial charge in [-0.05, 0) is 48.1 Å². The van der Waals surface area contributed by atoms with E-state index in [-0.39, 0.29) is 5.91 Å². The summed E-state index contributed by atoms with van der Waals surface area (Å²) in [6.45, 7) is 2.51. The monoisotopic (exact) mass is 427 g/mol. The summed E-state index contributed by atoms with van der Waals surface area (Å²) in [7, 11) is 1.59. The molecule has 0 saturated carbocycles. The Labute approximate surface area is 178 Å². The number of hydrogen-bond donors (Lipinski definition) is 1. The highest BCUT2D eigenvalue weighted by Gasteiger charge is 2.08. The number of carbonyl (C=O) groups is 1. The Morgan fingerprint density at radius 3 is 2.76 bits per heavy atom. The largest absolute Gasteiger partial charge is 0.493 e. The Kier molecular flexibility index (Phi) is 7.26. The molecule has 29 heavy (non-hydrogen) atoms. The van der Waals surface area contributed by atoms with E-state index in [2.05, 4.69) is 28.5 Å². The van der Waals surface area contributed by atoms with E-state index in [0.717, 1.165) is 15.5 Å². The Morgan fingerprint density at radius 1 is 1.21 bits per heavy atom. The number of nitrogens with one attached hydrogen (secondary N) is 1. The van der Waals surface area contributed by atoms with Crippen LogP contribution < -0.4 is 14.8 Å². The van der Waals surface area contributed by atoms with Crippen LogP contribution in [0.1, 0.15) is 16.7 Å². The number of hydrogen-bond acceptors (Lipinski definition) is 7. The summed E-state index contributed by atoms with van der Waals surface area (Å²) in [6, 6.07) is 13.6. The van der Waals surface area contributed by atoms with Crippen molar-refractivity contribution < 1.29 is 14.3 Å². The lowest BCUT2D eigenvalue weighted by atomic mass is 10.1. The summed E-state index contributed by atoms with van der Waals surface area (Å²) in [6.07, 6.45) is 5.07. The number of methoxy groups -OCH3 is 1. The minimum Gasteiger partial charge on any atom is -0.493 e. The molecule has 0 radical (unpaired) electrons. The van der Waals surface area contributed by atoms with Crippen molar-refractivity contribution in [2.75, 3.05) is 18.7 Å². The third-order valence-corrected chi connectivity index (χ3v) is 5.88. The lowest BCUT2D eigenvalue weighted by Crippen LogP contribution is -2.07. The highest BCUT2D eigenvalue weighted by Crippen LogP contribution is 2.29. The molecule has 150 valence electrons. The zero-order valence-corrected chi connectivity index (χ0v) is 18.0. The van der Waals surface area contributed by atoms with Crippen LogP contribution in [-0.4, -0.2) is 29.5 Å². The van der Waals surface area contributed by atoms with E-state index < -0.39 is 0 Å². The Morgan fingerprint density at radius 2 is 2.03 bits per heavy atom. The standard InChI is InChI=1S/C21H21N3O3S2/c1-14-6-4-5-7-16(14)13-27-17-10-8-15(12-18(17)26-2)9-11-19(25)22-20-23-24-21(28-3)29-20/h4-12H,13H2,1-3H3,(H,22,23,25)/b11-9+. The zero-order valence-electron chi connectivity index (χ0n) is 16.3. The van der Waals surface area contributed by atoms with Gasteiger partial charge < -0.3 is 9.47 Å². The molecule has 0 aliphatic carbocycles. The van der Waals surface area contributed by atoms with Gasteiger partial charge in [-0.1, -0.05) is 53.4 Å². The smallest absolute Gasteiger partial charge is 0.250 e. The summed E-state index contributed by atoms with van der Waals surface area (Å²) in [5, 5.41) is 11.0. The van der Waals surface area contributed by atoms with Gasteiger partial charge in [-0.3, -0.25) is 10.1 Å². The molecule has 0 atom stereocenters. The predicted molar refractivity (Wildman–Crippen MR) is 118 cm³/mol. The minimum absolute atomic E-state index is 0.271. The first-order valence-corrected chi connectivity index (χ1v) is 10.8. The van der Waals surface area contributed by atoms with Gasteiger partial charge in [0.05, 0.1) is 7.11 Å². The summed E-state index contributed by atoms with van der Waals surface area (Å²) < 4.78 is 12.2. The molecule has 0 fully saturated rings. The van der Waals surface area contributed by atoms with Gasteiger partial charge in [0.15, 0.2) is 15.8 Å². The normalized spacial score (nSPS) is 10.9. The molecule has 0 aliphatic heterocycles. The molecule has 1 heterocycles. The van der Waals surface area contributed by atoms with E-state index in [1.54, 1.807) is 13.2 Å². The number of nitrogens with zero attached hydrogens (tertiary/aromatic N) is 2. The molecule has 3 rings (SSSR count). The number of anilines is 1. The third kappa shape index (κ3) is 5.82. The van der Waals surface area contributed by atoms with Crippen molar-refractivity contribution >= 4 is 40.2 Å². The molecule has 1 N–H and O–H groups in total. The van der Waals surface area contributed by atoms with Crippen LogP contribution in [0.5, 0.6) is 11.5 Å². The quantitative estimate of drug-likeness (QED) is 0.316. The van der Waals surface area contributed by atoms with Crippen LogP contribution in [0.15, 0.2) is 52.9 Å². The Balaban J connectivity index is 1.63. The van der Waals surface area contributed by atoms with Crippen LogP contribution in [-0.2, 0) is 11.4 Å². The number of aryl methyl sites for hydroxylation is 1. The van der Waals surface area contributed by atoms with Gasteiger partial charge in [0.25, 0.3) is 0 Å². The second kappa shape index (κ2) is 10.1. The fourth-order valence-electron chi connectivity index (χ4n) is 2.50. The van der Waals surface area contributed by atoms with Crippen LogP contribution >= 0.6 is 23.1 Å². The van der Waals surface area contributed by atoms with Gasteiger partial charge in [-0.25, -0.2) is 0 Å². The number of amides is 1. The average molecular weight is 428 g/mol. The summed E-state index contributed by atoms with van der Waals surface area (Å²) in [5.74, 6) is 0.985. The molecule has 0 spiro atoms. The minimum atomic E-state index is -0.271. The van der Waals surface area contributed by atoms with E-state index >= 15 is 0 Å². The third-order valence-electron chi connectivity index (χ3n) is 4.07. The molecule has 0 saturated heterocycles. The van der Waals surface area contributed by atoms with Gasteiger partial charge in [-0.15, -0.1) is 10.2 Å². The zero-order chi connectivity index (χ0) is 20.6. The van der Waals surface area contributed by atoms with Gasteiger partial charge in [-0.2, -0.15) is 0 Å². The van der Waals surface area contributed by atoms with E-state index in [4.69, 9.17) is 9.47 Å². The highest BCUT2D eigenvalue weighted by atomic mass is 32.2. The predicted octanol–water partition coefficient (Wildman–Crippen LogP) is 4.81. The van der Waals surface area contributed by atoms with Crippen LogP contribution in [0.25, 0.3) is 6.08 Å². The van der Waals surface area contributed by atoms with Gasteiger partial charge >= 0.3 is 0 Å². The van der Waals surface area contributed by atoms with Crippen molar-refractivity contribution in [1.29, 1.82) is 0 Å². The maximum absolute atomic E-state index is 12.1. The molecule has 2 aromatic carbocycles. The first-order valence-electron chi connectivity index (χ1n) is 8.81. The van der Waals surface area contributed by atoms with Crippen molar-refractivity contribution in [3.05, 3.63) is 65.2 Å². The maximum Gasteiger partial charge on any atom is 0.250 e. The van der Waals surface area contributed by atoms with Gasteiger partial charge in [0, 0.05) is 6.08 Å². The van der Waals surface area contributed by atoms with Gasteiger partial charge in [0.1, 0.15) is 6.61 Å². The summed E-state index contributed by atoms with van der Waals surface area (Å²) >= 11 is 2.82. The number of ether oxygens (including phenoxy) is 2. The van der Waals surface area contributed by atoms with E-state index in [0.29, 0.717) is 23.2 Å². The molecule has 0 aliphatic rings. The van der Waals surface area contributed by atoms with Crippen LogP contribution in [0.3, 0.4) is 0 Å². The summed E-state index contributed by atoms with van der Waals surface area (Å²) in [4.78, 5) is 12.1. The number of benzene rings is 2. The molecule has 1 amide bonds. The fraction of sp³-hybridized carbons (Fsp3) is 0.190. The van der Waals surface area contributed by atoms with Crippen molar-refractivity contribution in [3.63, 3.8) is 0 Å². The molecule has 8 heteroatoms. The topological polar surface area (TPSA) is 73.3 Å². The molecular weight excluding hydrogens is 406 g/mol. The number of rotatable bonds is 8. The molecule has 3 aromatic rings. The SMILES string of the molecule is COc1cc(/C=C/C(=O)Nc2nnc(SC)s2)ccc1OCc1ccccc1C. The Hall–Kier alpha value is -2.84. The first kappa shape index (κ1) is 20.9. The summed E-state index contributed by atoms with van der Waals surface area (Å²) in [5.41, 5.74) is 3.12. The van der Waals surface area contributed by atoms with Gasteiger partial charge in [0.2, 0.25) is 11.0 Å². The van der Waals surface area contributed by atoms with E-state index in [1.165, 1.54) is 34.7 Å². The average Bonchev–Trinajstić information content (AvgIpc) is 3.19. The fourth-order valence-corrected chi connectivity index (χ4v) is 3.67. The molecule has 6 nitrogen and oxygen atoms in total. The van der Waals surface area contributed by atoms with Crippen LogP contribution in [0.2, 0.25) is 0 Å². The molecule has 0 bridgehead atoms. The van der Waals surface area contributed by atoms with Crippen molar-refractivity contribution in [2.24, 2.45) is 0 Å². The molecular formula is C21H21N3O3S2. The number of aromatic nitrogens is 2. The first-order chi connectivity index (χ1) is 14.1. The maximum atomic E-state index is 12.1. The second-order valence-corrected chi connectivity index (χ2v) is 8.06. The highest BCUT2D eigenvalue weighted by molar-refractivity contribution is 8.00. The number of thioether (sulfide) groups is 1. The van der Waals surface area contributed by atoms with Crippen molar-refractivity contribution in [3.8, 4) is 11.5 Å². The molecule has 1 aromatic heterocycles. The van der Waals surface area contributed by atoms with E-state index in [1.807, 2.05) is 42.7 Å². The number of carbonyl (C=O) groups excluding carboxylic acids is 1. The van der Waals surface area contributed by atoms with Crippen LogP contribution in [0.4, 0.5) is 5.13 Å². The lowest BCUT2D eigenvalue weighted by molar-refractivity contribution is -0.111. The lowest BCUT2D eigenvalue weighted by Gasteiger charge is -2.12. The van der Waals surface area contributed by atoms with E-state index in [9.17, 15) is 4.79 Å². The Bertz CT molecular complexity index is 1020. The molecule has 0 unspecified atom stereocenters.